The topological polar surface area (TPSA) is 98.8 Å². The Morgan fingerprint density at radius 3 is 1.94 bits per heavy atom. The molecule has 0 fully saturated rings. The molecule has 0 spiro atoms. The smallest absolute Gasteiger partial charge is 0.343 e. The maximum atomic E-state index is 11.6. The van der Waals surface area contributed by atoms with Gasteiger partial charge in [0.25, 0.3) is 0 Å². The van der Waals surface area contributed by atoms with Gasteiger partial charge in [-0.1, -0.05) is 0 Å². The van der Waals surface area contributed by atoms with Crippen molar-refractivity contribution >= 4 is 24.1 Å². The Morgan fingerprint density at radius 2 is 1.65 bits per heavy atom. The maximum absolute atomic E-state index is 11.6. The number of aldehydes is 1. The van der Waals surface area contributed by atoms with Crippen LogP contribution in [0, 0.1) is 0 Å². The maximum Gasteiger partial charge on any atom is 0.343 e. The molecule has 0 atom stereocenters. The van der Waals surface area contributed by atoms with E-state index in [1.807, 2.05) is 0 Å². The molecule has 0 unspecified atom stereocenters. The highest BCUT2D eigenvalue weighted by Gasteiger charge is 2.48. The van der Waals surface area contributed by atoms with Gasteiger partial charge in [0, 0.05) is 13.3 Å². The first-order chi connectivity index (χ1) is 7.94. The predicted octanol–water partition coefficient (Wildman–Crippen LogP) is -0.814. The van der Waals surface area contributed by atoms with Gasteiger partial charge in [0.05, 0.1) is 14.2 Å². The van der Waals surface area contributed by atoms with E-state index in [9.17, 15) is 19.2 Å². The lowest BCUT2D eigenvalue weighted by Gasteiger charge is -2.27. The molecule has 0 bridgehead atoms. The van der Waals surface area contributed by atoms with Crippen LogP contribution in [0.15, 0.2) is 0 Å². The Hall–Kier alpha value is -1.92. The lowest BCUT2D eigenvalue weighted by atomic mass is 9.93. The molecule has 17 heavy (non-hydrogen) atoms. The minimum Gasteiger partial charge on any atom is -0.467 e. The van der Waals surface area contributed by atoms with Crippen LogP contribution in [0.1, 0.15) is 19.8 Å². The summed E-state index contributed by atoms with van der Waals surface area (Å²) in [4.78, 5) is 44.6. The molecule has 0 aliphatic heterocycles. The number of esters is 2. The van der Waals surface area contributed by atoms with Gasteiger partial charge in [0.2, 0.25) is 11.4 Å². The third-order valence-corrected chi connectivity index (χ3v) is 2.09. The van der Waals surface area contributed by atoms with Crippen molar-refractivity contribution in [1.82, 2.24) is 5.32 Å². The number of carbonyl (C=O) groups excluding carboxylic acids is 4. The highest BCUT2D eigenvalue weighted by atomic mass is 16.5. The number of nitrogens with one attached hydrogen (secondary N) is 1. The Balaban J connectivity index is 5.33. The molecule has 0 aromatic carbocycles. The van der Waals surface area contributed by atoms with Gasteiger partial charge in [-0.25, -0.2) is 9.59 Å². The van der Waals surface area contributed by atoms with E-state index < -0.39 is 23.4 Å². The third-order valence-electron chi connectivity index (χ3n) is 2.09. The van der Waals surface area contributed by atoms with Crippen LogP contribution in [0.4, 0.5) is 0 Å². The fourth-order valence-corrected chi connectivity index (χ4v) is 1.38. The number of carbonyl (C=O) groups is 4. The van der Waals surface area contributed by atoms with Gasteiger partial charge in [-0.05, 0) is 6.42 Å². The van der Waals surface area contributed by atoms with E-state index in [4.69, 9.17) is 0 Å². The van der Waals surface area contributed by atoms with Gasteiger partial charge < -0.3 is 19.6 Å². The molecular formula is C10H15NO6. The molecule has 7 nitrogen and oxygen atoms in total. The zero-order chi connectivity index (χ0) is 13.5. The van der Waals surface area contributed by atoms with Crippen LogP contribution < -0.4 is 5.32 Å². The quantitative estimate of drug-likeness (QED) is 0.373. The van der Waals surface area contributed by atoms with Gasteiger partial charge >= 0.3 is 11.9 Å². The van der Waals surface area contributed by atoms with Crippen LogP contribution >= 0.6 is 0 Å². The van der Waals surface area contributed by atoms with Crippen LogP contribution in [0.3, 0.4) is 0 Å². The van der Waals surface area contributed by atoms with E-state index in [1.165, 1.54) is 0 Å². The molecule has 1 N–H and O–H groups in total. The summed E-state index contributed by atoms with van der Waals surface area (Å²) in [5, 5.41) is 2.18. The second kappa shape index (κ2) is 6.62. The summed E-state index contributed by atoms with van der Waals surface area (Å²) >= 11 is 0. The minimum absolute atomic E-state index is 0.0928. The molecule has 0 radical (unpaired) electrons. The van der Waals surface area contributed by atoms with Crippen LogP contribution in [0.25, 0.3) is 0 Å². The molecule has 0 aromatic heterocycles. The summed E-state index contributed by atoms with van der Waals surface area (Å²) < 4.78 is 8.93. The van der Waals surface area contributed by atoms with Crippen molar-refractivity contribution in [2.45, 2.75) is 25.3 Å². The molecule has 0 saturated heterocycles. The van der Waals surface area contributed by atoms with Crippen LogP contribution in [0.5, 0.6) is 0 Å². The van der Waals surface area contributed by atoms with Crippen molar-refractivity contribution in [2.24, 2.45) is 0 Å². The Labute approximate surface area is 98.4 Å². The summed E-state index contributed by atoms with van der Waals surface area (Å²) in [5.74, 6) is -2.55. The fraction of sp³-hybridized carbons (Fsp3) is 0.600. The van der Waals surface area contributed by atoms with Crippen molar-refractivity contribution in [3.63, 3.8) is 0 Å². The third kappa shape index (κ3) is 3.54. The summed E-state index contributed by atoms with van der Waals surface area (Å²) in [5.41, 5.74) is -1.96. The number of methoxy groups -OCH3 is 2. The van der Waals surface area contributed by atoms with Gasteiger partial charge in [0.15, 0.2) is 0 Å². The van der Waals surface area contributed by atoms with Crippen LogP contribution in [0.2, 0.25) is 0 Å². The average molecular weight is 245 g/mol. The van der Waals surface area contributed by atoms with E-state index in [0.717, 1.165) is 21.1 Å². The fourth-order valence-electron chi connectivity index (χ4n) is 1.38. The van der Waals surface area contributed by atoms with Crippen molar-refractivity contribution in [3.05, 3.63) is 0 Å². The number of hydrogen-bond donors (Lipinski definition) is 1. The summed E-state index contributed by atoms with van der Waals surface area (Å²) in [6, 6.07) is 0. The van der Waals surface area contributed by atoms with Gasteiger partial charge in [-0.3, -0.25) is 4.79 Å². The normalized spacial score (nSPS) is 10.3. The van der Waals surface area contributed by atoms with E-state index >= 15 is 0 Å². The van der Waals surface area contributed by atoms with Crippen molar-refractivity contribution in [3.8, 4) is 0 Å². The number of rotatable bonds is 6. The molecule has 0 aliphatic carbocycles. The minimum atomic E-state index is -1.96. The van der Waals surface area contributed by atoms with Gasteiger partial charge in [0.1, 0.15) is 6.29 Å². The number of hydrogen-bond acceptors (Lipinski definition) is 6. The molecule has 0 aromatic rings. The van der Waals surface area contributed by atoms with Crippen molar-refractivity contribution in [2.75, 3.05) is 14.2 Å². The highest BCUT2D eigenvalue weighted by Crippen LogP contribution is 2.17. The molecule has 7 heteroatoms. The number of amides is 1. The standard InChI is InChI=1S/C10H15NO6/c1-7(13)11-10(5-4-6-12,8(14)16-2)9(15)17-3/h6H,4-5H2,1-3H3,(H,11,13). The lowest BCUT2D eigenvalue weighted by molar-refractivity contribution is -0.165. The largest absolute Gasteiger partial charge is 0.467 e. The van der Waals surface area contributed by atoms with E-state index in [-0.39, 0.29) is 12.8 Å². The molecular weight excluding hydrogens is 230 g/mol. The molecule has 96 valence electrons. The van der Waals surface area contributed by atoms with Crippen molar-refractivity contribution < 1.29 is 28.7 Å². The summed E-state index contributed by atoms with van der Waals surface area (Å²) in [6.07, 6.45) is 0.225. The molecule has 0 aliphatic rings. The van der Waals surface area contributed by atoms with Gasteiger partial charge in [-0.15, -0.1) is 0 Å². The first-order valence-electron chi connectivity index (χ1n) is 4.83. The Morgan fingerprint density at radius 1 is 1.18 bits per heavy atom. The Bertz CT molecular complexity index is 309. The molecule has 0 rings (SSSR count). The highest BCUT2D eigenvalue weighted by molar-refractivity contribution is 6.07. The van der Waals surface area contributed by atoms with Gasteiger partial charge in [-0.2, -0.15) is 0 Å². The molecule has 1 amide bonds. The first-order valence-corrected chi connectivity index (χ1v) is 4.83. The molecule has 0 saturated carbocycles. The van der Waals surface area contributed by atoms with E-state index in [2.05, 4.69) is 14.8 Å². The molecule has 0 heterocycles. The zero-order valence-electron chi connectivity index (χ0n) is 9.94. The predicted molar refractivity (Wildman–Crippen MR) is 55.9 cm³/mol. The van der Waals surface area contributed by atoms with Crippen molar-refractivity contribution in [1.29, 1.82) is 0 Å². The number of ether oxygens (including phenoxy) is 2. The summed E-state index contributed by atoms with van der Waals surface area (Å²) in [7, 11) is 2.14. The van der Waals surface area contributed by atoms with E-state index in [1.54, 1.807) is 0 Å². The second-order valence-electron chi connectivity index (χ2n) is 3.28. The van der Waals surface area contributed by atoms with Crippen LogP contribution in [-0.2, 0) is 28.7 Å². The SMILES string of the molecule is COC(=O)C(CCC=O)(NC(C)=O)C(=O)OC. The monoisotopic (exact) mass is 245 g/mol. The Kier molecular flexibility index (Phi) is 5.87. The average Bonchev–Trinajstić information content (AvgIpc) is 2.31. The van der Waals surface area contributed by atoms with Crippen LogP contribution in [-0.4, -0.2) is 43.9 Å². The lowest BCUT2D eigenvalue weighted by Crippen LogP contribution is -2.60. The summed E-state index contributed by atoms with van der Waals surface area (Å²) in [6.45, 7) is 1.14. The van der Waals surface area contributed by atoms with E-state index in [0.29, 0.717) is 6.29 Å². The zero-order valence-corrected chi connectivity index (χ0v) is 9.94. The second-order valence-corrected chi connectivity index (χ2v) is 3.28. The first kappa shape index (κ1) is 15.1.